The number of hydrogen-bond acceptors (Lipinski definition) is 3. The Morgan fingerprint density at radius 2 is 2.29 bits per heavy atom. The largest absolute Gasteiger partial charge is 0.311 e. The fraction of sp³-hybridized carbons (Fsp3) is 0.643. The van der Waals surface area contributed by atoms with Gasteiger partial charge in [0.2, 0.25) is 0 Å². The molecular formula is C14H23N3. The summed E-state index contributed by atoms with van der Waals surface area (Å²) in [5.41, 5.74) is 1.17. The average Bonchev–Trinajstić information content (AvgIpc) is 2.33. The second kappa shape index (κ2) is 5.61. The van der Waals surface area contributed by atoms with Gasteiger partial charge in [0.1, 0.15) is 0 Å². The molecule has 1 aliphatic heterocycles. The Kier molecular flexibility index (Phi) is 4.13. The molecule has 0 bridgehead atoms. The maximum Gasteiger partial charge on any atom is 0.0544 e. The molecule has 0 spiro atoms. The number of piperazine rings is 1. The van der Waals surface area contributed by atoms with Crippen LogP contribution in [-0.4, -0.2) is 35.1 Å². The van der Waals surface area contributed by atoms with E-state index < -0.39 is 0 Å². The first-order valence-electron chi connectivity index (χ1n) is 6.54. The first kappa shape index (κ1) is 12.5. The van der Waals surface area contributed by atoms with Crippen LogP contribution in [0.1, 0.15) is 26.5 Å². The Morgan fingerprint density at radius 1 is 1.47 bits per heavy atom. The van der Waals surface area contributed by atoms with Crippen LogP contribution in [0.4, 0.5) is 0 Å². The summed E-state index contributed by atoms with van der Waals surface area (Å²) in [5, 5.41) is 3.62. The fourth-order valence-electron chi connectivity index (χ4n) is 2.31. The van der Waals surface area contributed by atoms with Crippen LogP contribution in [0.2, 0.25) is 0 Å². The molecule has 1 aliphatic rings. The second-order valence-corrected chi connectivity index (χ2v) is 5.36. The zero-order chi connectivity index (χ0) is 12.3. The molecule has 94 valence electrons. The molecular weight excluding hydrogens is 210 g/mol. The lowest BCUT2D eigenvalue weighted by atomic mass is 9.99. The van der Waals surface area contributed by atoms with Gasteiger partial charge >= 0.3 is 0 Å². The maximum absolute atomic E-state index is 4.42. The van der Waals surface area contributed by atoms with E-state index in [-0.39, 0.29) is 0 Å². The minimum Gasteiger partial charge on any atom is -0.311 e. The number of hydrogen-bond donors (Lipinski definition) is 1. The van der Waals surface area contributed by atoms with Gasteiger partial charge in [0, 0.05) is 37.9 Å². The smallest absolute Gasteiger partial charge is 0.0544 e. The molecule has 2 heterocycles. The van der Waals surface area contributed by atoms with Gasteiger partial charge in [-0.3, -0.25) is 9.88 Å². The SMILES string of the molecule is CC(C)C1CN(Cc2ccccn2)C(C)CN1. The van der Waals surface area contributed by atoms with Gasteiger partial charge in [0.25, 0.3) is 0 Å². The Bertz CT molecular complexity index is 337. The average molecular weight is 233 g/mol. The van der Waals surface area contributed by atoms with Gasteiger partial charge < -0.3 is 5.32 Å². The molecule has 0 amide bonds. The summed E-state index contributed by atoms with van der Waals surface area (Å²) >= 11 is 0. The van der Waals surface area contributed by atoms with E-state index in [1.165, 1.54) is 5.69 Å². The van der Waals surface area contributed by atoms with E-state index >= 15 is 0 Å². The topological polar surface area (TPSA) is 28.2 Å². The maximum atomic E-state index is 4.42. The molecule has 0 saturated carbocycles. The third kappa shape index (κ3) is 3.27. The predicted octanol–water partition coefficient (Wildman–Crippen LogP) is 1.90. The Hall–Kier alpha value is -0.930. The van der Waals surface area contributed by atoms with Crippen molar-refractivity contribution in [1.29, 1.82) is 0 Å². The highest BCUT2D eigenvalue weighted by Gasteiger charge is 2.26. The van der Waals surface area contributed by atoms with Crippen molar-refractivity contribution in [1.82, 2.24) is 15.2 Å². The van der Waals surface area contributed by atoms with E-state index in [1.54, 1.807) is 0 Å². The fourth-order valence-corrected chi connectivity index (χ4v) is 2.31. The van der Waals surface area contributed by atoms with E-state index in [1.807, 2.05) is 12.3 Å². The number of nitrogens with zero attached hydrogens (tertiary/aromatic N) is 2. The number of pyridine rings is 1. The third-order valence-corrected chi connectivity index (χ3v) is 3.63. The second-order valence-electron chi connectivity index (χ2n) is 5.36. The van der Waals surface area contributed by atoms with Gasteiger partial charge in [-0.1, -0.05) is 19.9 Å². The normalized spacial score (nSPS) is 26.4. The van der Waals surface area contributed by atoms with Crippen molar-refractivity contribution in [2.24, 2.45) is 5.92 Å². The predicted molar refractivity (Wildman–Crippen MR) is 70.7 cm³/mol. The molecule has 2 rings (SSSR count). The lowest BCUT2D eigenvalue weighted by molar-refractivity contribution is 0.115. The minimum absolute atomic E-state index is 0.590. The van der Waals surface area contributed by atoms with Crippen LogP contribution in [-0.2, 0) is 6.54 Å². The highest BCUT2D eigenvalue weighted by molar-refractivity contribution is 5.04. The van der Waals surface area contributed by atoms with Gasteiger partial charge in [-0.2, -0.15) is 0 Å². The van der Waals surface area contributed by atoms with Gasteiger partial charge in [0.05, 0.1) is 5.69 Å². The zero-order valence-corrected chi connectivity index (χ0v) is 11.1. The summed E-state index contributed by atoms with van der Waals surface area (Å²) in [5.74, 6) is 0.689. The van der Waals surface area contributed by atoms with Crippen LogP contribution in [0.5, 0.6) is 0 Å². The highest BCUT2D eigenvalue weighted by atomic mass is 15.2. The molecule has 1 fully saturated rings. The van der Waals surface area contributed by atoms with Crippen LogP contribution in [0.25, 0.3) is 0 Å². The van der Waals surface area contributed by atoms with Crippen LogP contribution in [0.15, 0.2) is 24.4 Å². The van der Waals surface area contributed by atoms with Crippen molar-refractivity contribution in [2.75, 3.05) is 13.1 Å². The van der Waals surface area contributed by atoms with E-state index in [4.69, 9.17) is 0 Å². The van der Waals surface area contributed by atoms with Crippen molar-refractivity contribution in [3.8, 4) is 0 Å². The summed E-state index contributed by atoms with van der Waals surface area (Å²) in [7, 11) is 0. The molecule has 0 radical (unpaired) electrons. The molecule has 2 unspecified atom stereocenters. The number of nitrogens with one attached hydrogen (secondary N) is 1. The lowest BCUT2D eigenvalue weighted by Gasteiger charge is -2.40. The van der Waals surface area contributed by atoms with Crippen LogP contribution in [0.3, 0.4) is 0 Å². The number of rotatable bonds is 3. The van der Waals surface area contributed by atoms with Crippen molar-refractivity contribution >= 4 is 0 Å². The molecule has 3 heteroatoms. The standard InChI is InChI=1S/C14H23N3/c1-11(2)14-10-17(12(3)8-16-14)9-13-6-4-5-7-15-13/h4-7,11-12,14,16H,8-10H2,1-3H3. The lowest BCUT2D eigenvalue weighted by Crippen LogP contribution is -2.56. The van der Waals surface area contributed by atoms with E-state index in [9.17, 15) is 0 Å². The molecule has 1 aromatic rings. The molecule has 0 aromatic carbocycles. The van der Waals surface area contributed by atoms with Gasteiger partial charge in [-0.05, 0) is 25.0 Å². The van der Waals surface area contributed by atoms with Crippen LogP contribution < -0.4 is 5.32 Å². The molecule has 1 saturated heterocycles. The molecule has 17 heavy (non-hydrogen) atoms. The van der Waals surface area contributed by atoms with Gasteiger partial charge in [0.15, 0.2) is 0 Å². The highest BCUT2D eigenvalue weighted by Crippen LogP contribution is 2.14. The van der Waals surface area contributed by atoms with E-state index in [0.717, 1.165) is 19.6 Å². The molecule has 0 aliphatic carbocycles. The summed E-state index contributed by atoms with van der Waals surface area (Å²) in [4.78, 5) is 6.95. The summed E-state index contributed by atoms with van der Waals surface area (Å²) in [6.45, 7) is 10.0. The van der Waals surface area contributed by atoms with Crippen molar-refractivity contribution in [3.05, 3.63) is 30.1 Å². The Labute approximate surface area is 104 Å². The van der Waals surface area contributed by atoms with Crippen molar-refractivity contribution < 1.29 is 0 Å². The molecule has 1 aromatic heterocycles. The quantitative estimate of drug-likeness (QED) is 0.864. The Balaban J connectivity index is 1.99. The van der Waals surface area contributed by atoms with Crippen molar-refractivity contribution in [2.45, 2.75) is 39.4 Å². The molecule has 2 atom stereocenters. The monoisotopic (exact) mass is 233 g/mol. The van der Waals surface area contributed by atoms with Gasteiger partial charge in [-0.15, -0.1) is 0 Å². The van der Waals surface area contributed by atoms with Crippen LogP contribution in [0, 0.1) is 5.92 Å². The Morgan fingerprint density at radius 3 is 2.94 bits per heavy atom. The van der Waals surface area contributed by atoms with Crippen LogP contribution >= 0.6 is 0 Å². The summed E-state index contributed by atoms with van der Waals surface area (Å²) < 4.78 is 0. The first-order valence-corrected chi connectivity index (χ1v) is 6.54. The van der Waals surface area contributed by atoms with Crippen molar-refractivity contribution in [3.63, 3.8) is 0 Å². The third-order valence-electron chi connectivity index (χ3n) is 3.63. The van der Waals surface area contributed by atoms with E-state index in [2.05, 4.69) is 48.1 Å². The van der Waals surface area contributed by atoms with Gasteiger partial charge in [-0.25, -0.2) is 0 Å². The number of aromatic nitrogens is 1. The molecule has 1 N–H and O–H groups in total. The van der Waals surface area contributed by atoms with E-state index in [0.29, 0.717) is 18.0 Å². The minimum atomic E-state index is 0.590. The first-order chi connectivity index (χ1) is 8.16. The summed E-state index contributed by atoms with van der Waals surface area (Å²) in [6, 6.07) is 7.34. The molecule has 3 nitrogen and oxygen atoms in total. The zero-order valence-electron chi connectivity index (χ0n) is 11.1. The summed E-state index contributed by atoms with van der Waals surface area (Å²) in [6.07, 6.45) is 1.88.